The Hall–Kier alpha value is -1.53. The van der Waals surface area contributed by atoms with Crippen LogP contribution in [0.1, 0.15) is 19.6 Å². The monoisotopic (exact) mass is 297 g/mol. The molecule has 1 aromatic carbocycles. The molecule has 0 fully saturated rings. The molecule has 0 amide bonds. The van der Waals surface area contributed by atoms with Gasteiger partial charge in [-0.2, -0.15) is 0 Å². The zero-order chi connectivity index (χ0) is 14.8. The molecule has 20 heavy (non-hydrogen) atoms. The number of hydrogen-bond donors (Lipinski definition) is 1. The highest BCUT2D eigenvalue weighted by molar-refractivity contribution is 7.91. The normalized spacial score (nSPS) is 12.2. The summed E-state index contributed by atoms with van der Waals surface area (Å²) in [6.45, 7) is 3.62. The molecule has 0 aliphatic heterocycles. The van der Waals surface area contributed by atoms with E-state index in [0.717, 1.165) is 5.39 Å². The second-order valence-corrected chi connectivity index (χ2v) is 7.50. The molecule has 110 valence electrons. The van der Waals surface area contributed by atoms with Gasteiger partial charge in [0, 0.05) is 0 Å². The molecule has 5 nitrogen and oxygen atoms in total. The summed E-state index contributed by atoms with van der Waals surface area (Å²) in [6, 6.07) is 7.42. The van der Waals surface area contributed by atoms with Gasteiger partial charge in [-0.3, -0.25) is 0 Å². The Morgan fingerprint density at radius 3 is 2.65 bits per heavy atom. The van der Waals surface area contributed by atoms with E-state index in [1.807, 2.05) is 24.3 Å². The summed E-state index contributed by atoms with van der Waals surface area (Å²) in [5.41, 5.74) is 6.32. The highest BCUT2D eigenvalue weighted by Gasteiger charge is 2.18. The highest BCUT2D eigenvalue weighted by Crippen LogP contribution is 2.32. The third-order valence-electron chi connectivity index (χ3n) is 3.14. The first-order valence-corrected chi connectivity index (χ1v) is 8.22. The first-order valence-electron chi connectivity index (χ1n) is 6.50. The average Bonchev–Trinajstić information content (AvgIpc) is 2.77. The number of rotatable bonds is 6. The number of furan rings is 1. The molecular formula is C14H19NO4S. The van der Waals surface area contributed by atoms with Crippen LogP contribution in [0.5, 0.6) is 5.75 Å². The largest absolute Gasteiger partial charge is 0.488 e. The molecule has 0 saturated carbocycles. The fourth-order valence-electron chi connectivity index (χ4n) is 1.86. The smallest absolute Gasteiger partial charge is 0.169 e. The van der Waals surface area contributed by atoms with Crippen molar-refractivity contribution in [3.8, 4) is 5.75 Å². The van der Waals surface area contributed by atoms with E-state index >= 15 is 0 Å². The first kappa shape index (κ1) is 14.9. The van der Waals surface area contributed by atoms with Crippen molar-refractivity contribution in [3.63, 3.8) is 0 Å². The van der Waals surface area contributed by atoms with Crippen molar-refractivity contribution in [1.82, 2.24) is 0 Å². The minimum atomic E-state index is -3.11. The van der Waals surface area contributed by atoms with Crippen LogP contribution in [0.2, 0.25) is 0 Å². The number of hydrogen-bond acceptors (Lipinski definition) is 5. The summed E-state index contributed by atoms with van der Waals surface area (Å²) in [6.07, 6.45) is 0. The fraction of sp³-hybridized carbons (Fsp3) is 0.429. The van der Waals surface area contributed by atoms with Gasteiger partial charge in [0.25, 0.3) is 0 Å². The van der Waals surface area contributed by atoms with Gasteiger partial charge in [0.1, 0.15) is 12.2 Å². The van der Waals surface area contributed by atoms with Gasteiger partial charge in [-0.25, -0.2) is 8.42 Å². The lowest BCUT2D eigenvalue weighted by molar-refractivity contribution is 0.331. The number of para-hydroxylation sites is 1. The van der Waals surface area contributed by atoms with E-state index in [9.17, 15) is 8.42 Å². The van der Waals surface area contributed by atoms with Crippen molar-refractivity contribution >= 4 is 20.8 Å². The molecular weight excluding hydrogens is 278 g/mol. The maximum Gasteiger partial charge on any atom is 0.169 e. The number of benzene rings is 1. The fourth-order valence-corrected chi connectivity index (χ4v) is 2.65. The van der Waals surface area contributed by atoms with E-state index in [2.05, 4.69) is 0 Å². The van der Waals surface area contributed by atoms with Crippen LogP contribution >= 0.6 is 0 Å². The summed E-state index contributed by atoms with van der Waals surface area (Å²) in [7, 11) is -3.11. The highest BCUT2D eigenvalue weighted by atomic mass is 32.2. The molecule has 0 saturated heterocycles. The van der Waals surface area contributed by atoms with Crippen LogP contribution in [0.25, 0.3) is 11.0 Å². The van der Waals surface area contributed by atoms with Gasteiger partial charge in [0.2, 0.25) is 0 Å². The molecule has 0 bridgehead atoms. The predicted octanol–water partition coefficient (Wildman–Crippen LogP) is 2.09. The van der Waals surface area contributed by atoms with Gasteiger partial charge in [0.15, 0.2) is 21.3 Å². The van der Waals surface area contributed by atoms with Crippen LogP contribution in [-0.4, -0.2) is 26.0 Å². The first-order chi connectivity index (χ1) is 9.45. The Bertz CT molecular complexity index is 688. The summed E-state index contributed by atoms with van der Waals surface area (Å²) in [4.78, 5) is 0. The SMILES string of the molecule is CC(C)S(=O)(=O)CCOc1c(CN)oc2ccccc12. The summed E-state index contributed by atoms with van der Waals surface area (Å²) >= 11 is 0. The molecule has 2 aromatic rings. The van der Waals surface area contributed by atoms with E-state index < -0.39 is 15.1 Å². The molecule has 6 heteroatoms. The molecule has 1 aromatic heterocycles. The second-order valence-electron chi connectivity index (χ2n) is 4.82. The van der Waals surface area contributed by atoms with Gasteiger partial charge in [0.05, 0.1) is 22.9 Å². The lowest BCUT2D eigenvalue weighted by atomic mass is 10.2. The van der Waals surface area contributed by atoms with Gasteiger partial charge in [-0.05, 0) is 26.0 Å². The van der Waals surface area contributed by atoms with Crippen molar-refractivity contribution in [2.24, 2.45) is 5.73 Å². The quantitative estimate of drug-likeness (QED) is 0.882. The Morgan fingerprint density at radius 2 is 2.00 bits per heavy atom. The van der Waals surface area contributed by atoms with Crippen molar-refractivity contribution in [2.45, 2.75) is 25.6 Å². The van der Waals surface area contributed by atoms with E-state index in [1.165, 1.54) is 0 Å². The van der Waals surface area contributed by atoms with Crippen LogP contribution in [0.4, 0.5) is 0 Å². The van der Waals surface area contributed by atoms with E-state index in [-0.39, 0.29) is 18.9 Å². The van der Waals surface area contributed by atoms with Gasteiger partial charge in [-0.1, -0.05) is 12.1 Å². The average molecular weight is 297 g/mol. The lowest BCUT2D eigenvalue weighted by Crippen LogP contribution is -2.22. The molecule has 2 N–H and O–H groups in total. The maximum atomic E-state index is 11.7. The van der Waals surface area contributed by atoms with Crippen LogP contribution in [0.3, 0.4) is 0 Å². The number of ether oxygens (including phenoxy) is 1. The van der Waals surface area contributed by atoms with Crippen molar-refractivity contribution < 1.29 is 17.6 Å². The zero-order valence-corrected chi connectivity index (χ0v) is 12.4. The summed E-state index contributed by atoms with van der Waals surface area (Å²) in [5.74, 6) is 1.06. The molecule has 0 atom stereocenters. The van der Waals surface area contributed by atoms with Crippen LogP contribution in [-0.2, 0) is 16.4 Å². The molecule has 0 spiro atoms. The number of sulfone groups is 1. The van der Waals surface area contributed by atoms with Crippen molar-refractivity contribution in [1.29, 1.82) is 0 Å². The summed E-state index contributed by atoms with van der Waals surface area (Å²) in [5, 5.41) is 0.413. The molecule has 0 unspecified atom stereocenters. The maximum absolute atomic E-state index is 11.7. The van der Waals surface area contributed by atoms with Crippen molar-refractivity contribution in [2.75, 3.05) is 12.4 Å². The third-order valence-corrected chi connectivity index (χ3v) is 5.31. The Morgan fingerprint density at radius 1 is 1.30 bits per heavy atom. The van der Waals surface area contributed by atoms with Crippen LogP contribution < -0.4 is 10.5 Å². The Kier molecular flexibility index (Phi) is 4.35. The minimum absolute atomic E-state index is 0.0197. The topological polar surface area (TPSA) is 82.5 Å². The molecule has 0 aliphatic carbocycles. The standard InChI is InChI=1S/C14H19NO4S/c1-10(2)20(16,17)8-7-18-14-11-5-3-4-6-12(11)19-13(14)9-15/h3-6,10H,7-9,15H2,1-2H3. The number of fused-ring (bicyclic) bond motifs is 1. The van der Waals surface area contributed by atoms with E-state index in [0.29, 0.717) is 17.1 Å². The molecule has 2 rings (SSSR count). The van der Waals surface area contributed by atoms with E-state index in [4.69, 9.17) is 14.9 Å². The van der Waals surface area contributed by atoms with E-state index in [1.54, 1.807) is 13.8 Å². The van der Waals surface area contributed by atoms with Crippen molar-refractivity contribution in [3.05, 3.63) is 30.0 Å². The van der Waals surface area contributed by atoms with Gasteiger partial charge < -0.3 is 14.9 Å². The summed E-state index contributed by atoms with van der Waals surface area (Å²) < 4.78 is 34.7. The van der Waals surface area contributed by atoms with Crippen LogP contribution in [0.15, 0.2) is 28.7 Å². The Balaban J connectivity index is 2.17. The molecule has 0 aliphatic rings. The minimum Gasteiger partial charge on any atom is -0.488 e. The Labute approximate surface area is 118 Å². The lowest BCUT2D eigenvalue weighted by Gasteiger charge is -2.09. The zero-order valence-electron chi connectivity index (χ0n) is 11.6. The predicted molar refractivity (Wildman–Crippen MR) is 78.5 cm³/mol. The third kappa shape index (κ3) is 2.96. The number of nitrogens with two attached hydrogens (primary N) is 1. The molecule has 0 radical (unpaired) electrons. The second kappa shape index (κ2) is 5.85. The van der Waals surface area contributed by atoms with Gasteiger partial charge in [-0.15, -0.1) is 0 Å². The van der Waals surface area contributed by atoms with Gasteiger partial charge >= 0.3 is 0 Å². The molecule has 1 heterocycles. The van der Waals surface area contributed by atoms with Crippen LogP contribution in [0, 0.1) is 0 Å².